The Morgan fingerprint density at radius 3 is 2.58 bits per heavy atom. The Kier molecular flexibility index (Phi) is 5.03. The zero-order valence-electron chi connectivity index (χ0n) is 17.3. The second-order valence-electron chi connectivity index (χ2n) is 7.82. The van der Waals surface area contributed by atoms with Gasteiger partial charge in [0.15, 0.2) is 0 Å². The molecule has 0 amide bonds. The SMILES string of the molecule is Cc1oc(-c2ccccc2)nc1Cn1c(=O)n(C[C@@H]2CCCO2)c(=O)c2ccccc21. The third-order valence-electron chi connectivity index (χ3n) is 5.76. The zero-order valence-corrected chi connectivity index (χ0v) is 17.3. The lowest BCUT2D eigenvalue weighted by Gasteiger charge is -2.16. The van der Waals surface area contributed by atoms with Crippen LogP contribution < -0.4 is 11.2 Å². The molecule has 0 unspecified atom stereocenters. The minimum Gasteiger partial charge on any atom is -0.441 e. The predicted molar refractivity (Wildman–Crippen MR) is 117 cm³/mol. The van der Waals surface area contributed by atoms with Gasteiger partial charge in [0.1, 0.15) is 11.5 Å². The summed E-state index contributed by atoms with van der Waals surface area (Å²) in [6.07, 6.45) is 1.68. The first-order valence-electron chi connectivity index (χ1n) is 10.5. The maximum absolute atomic E-state index is 13.4. The first-order valence-corrected chi connectivity index (χ1v) is 10.5. The lowest BCUT2D eigenvalue weighted by molar-refractivity contribution is 0.0948. The molecule has 0 aliphatic carbocycles. The number of rotatable bonds is 5. The van der Waals surface area contributed by atoms with Crippen LogP contribution in [0.25, 0.3) is 22.4 Å². The highest BCUT2D eigenvalue weighted by Crippen LogP contribution is 2.22. The van der Waals surface area contributed by atoms with Gasteiger partial charge in [0.2, 0.25) is 5.89 Å². The van der Waals surface area contributed by atoms with Crippen molar-refractivity contribution < 1.29 is 9.15 Å². The van der Waals surface area contributed by atoms with E-state index in [1.54, 1.807) is 16.7 Å². The average Bonchev–Trinajstić information content (AvgIpc) is 3.44. The molecule has 1 saturated heterocycles. The van der Waals surface area contributed by atoms with Crippen molar-refractivity contribution in [2.45, 2.75) is 39.0 Å². The van der Waals surface area contributed by atoms with Crippen molar-refractivity contribution in [2.75, 3.05) is 6.61 Å². The van der Waals surface area contributed by atoms with Crippen molar-refractivity contribution in [1.82, 2.24) is 14.1 Å². The molecule has 0 radical (unpaired) electrons. The van der Waals surface area contributed by atoms with Gasteiger partial charge in [-0.25, -0.2) is 9.78 Å². The van der Waals surface area contributed by atoms with E-state index in [1.807, 2.05) is 49.4 Å². The second-order valence-corrected chi connectivity index (χ2v) is 7.82. The molecule has 0 bridgehead atoms. The van der Waals surface area contributed by atoms with Gasteiger partial charge in [-0.05, 0) is 44.0 Å². The van der Waals surface area contributed by atoms with Crippen LogP contribution in [0, 0.1) is 6.92 Å². The molecule has 3 heterocycles. The third kappa shape index (κ3) is 3.61. The smallest absolute Gasteiger partial charge is 0.331 e. The summed E-state index contributed by atoms with van der Waals surface area (Å²) in [4.78, 5) is 31.1. The predicted octanol–water partition coefficient (Wildman–Crippen LogP) is 3.35. The number of benzene rings is 2. The number of nitrogens with zero attached hydrogens (tertiary/aromatic N) is 3. The van der Waals surface area contributed by atoms with Crippen LogP contribution in [0.3, 0.4) is 0 Å². The molecule has 7 nitrogen and oxygen atoms in total. The Bertz CT molecular complexity index is 1350. The van der Waals surface area contributed by atoms with Gasteiger partial charge < -0.3 is 9.15 Å². The molecular weight excluding hydrogens is 394 g/mol. The first-order chi connectivity index (χ1) is 15.1. The Morgan fingerprint density at radius 1 is 1.03 bits per heavy atom. The van der Waals surface area contributed by atoms with E-state index >= 15 is 0 Å². The second kappa shape index (κ2) is 8.00. The number of aryl methyl sites for hydroxylation is 1. The quantitative estimate of drug-likeness (QED) is 0.498. The monoisotopic (exact) mass is 417 g/mol. The van der Waals surface area contributed by atoms with Gasteiger partial charge in [0, 0.05) is 12.2 Å². The lowest BCUT2D eigenvalue weighted by Crippen LogP contribution is -2.42. The van der Waals surface area contributed by atoms with Crippen LogP contribution in [-0.2, 0) is 17.8 Å². The number of para-hydroxylation sites is 1. The number of ether oxygens (including phenoxy) is 1. The summed E-state index contributed by atoms with van der Waals surface area (Å²) < 4.78 is 14.4. The Hall–Kier alpha value is -3.45. The molecule has 4 aromatic rings. The molecule has 158 valence electrons. The minimum absolute atomic E-state index is 0.113. The van der Waals surface area contributed by atoms with Gasteiger partial charge in [-0.3, -0.25) is 13.9 Å². The molecule has 0 N–H and O–H groups in total. The highest BCUT2D eigenvalue weighted by molar-refractivity contribution is 5.77. The van der Waals surface area contributed by atoms with Crippen molar-refractivity contribution in [3.8, 4) is 11.5 Å². The van der Waals surface area contributed by atoms with E-state index in [4.69, 9.17) is 9.15 Å². The largest absolute Gasteiger partial charge is 0.441 e. The molecule has 0 spiro atoms. The lowest BCUT2D eigenvalue weighted by atomic mass is 10.2. The van der Waals surface area contributed by atoms with E-state index in [9.17, 15) is 9.59 Å². The number of aromatic nitrogens is 3. The van der Waals surface area contributed by atoms with Gasteiger partial charge in [-0.15, -0.1) is 0 Å². The van der Waals surface area contributed by atoms with Gasteiger partial charge >= 0.3 is 5.69 Å². The number of oxazole rings is 1. The van der Waals surface area contributed by atoms with Crippen LogP contribution >= 0.6 is 0 Å². The average molecular weight is 417 g/mol. The van der Waals surface area contributed by atoms with E-state index < -0.39 is 0 Å². The van der Waals surface area contributed by atoms with E-state index in [2.05, 4.69) is 4.98 Å². The van der Waals surface area contributed by atoms with Crippen LogP contribution in [0.4, 0.5) is 0 Å². The fourth-order valence-corrected chi connectivity index (χ4v) is 4.11. The summed E-state index contributed by atoms with van der Waals surface area (Å²) in [5, 5.41) is 0.504. The van der Waals surface area contributed by atoms with Crippen LogP contribution in [-0.4, -0.2) is 26.8 Å². The number of hydrogen-bond donors (Lipinski definition) is 0. The zero-order chi connectivity index (χ0) is 21.4. The van der Waals surface area contributed by atoms with Crippen molar-refractivity contribution in [3.63, 3.8) is 0 Å². The van der Waals surface area contributed by atoms with Crippen LogP contribution in [0.1, 0.15) is 24.3 Å². The van der Waals surface area contributed by atoms with Crippen molar-refractivity contribution in [2.24, 2.45) is 0 Å². The normalized spacial score (nSPS) is 16.2. The Balaban J connectivity index is 1.61. The third-order valence-corrected chi connectivity index (χ3v) is 5.76. The number of fused-ring (bicyclic) bond motifs is 1. The molecule has 7 heteroatoms. The van der Waals surface area contributed by atoms with Gasteiger partial charge in [-0.2, -0.15) is 0 Å². The molecule has 1 fully saturated rings. The Labute approximate surface area is 178 Å². The molecule has 31 heavy (non-hydrogen) atoms. The van der Waals surface area contributed by atoms with Crippen molar-refractivity contribution in [1.29, 1.82) is 0 Å². The van der Waals surface area contributed by atoms with Crippen molar-refractivity contribution in [3.05, 3.63) is 86.9 Å². The fourth-order valence-electron chi connectivity index (χ4n) is 4.11. The topological polar surface area (TPSA) is 79.3 Å². The minimum atomic E-state index is -0.358. The van der Waals surface area contributed by atoms with E-state index in [1.165, 1.54) is 4.57 Å². The molecule has 2 aromatic heterocycles. The maximum Gasteiger partial charge on any atom is 0.331 e. The molecule has 2 aromatic carbocycles. The van der Waals surface area contributed by atoms with Crippen LogP contribution in [0.5, 0.6) is 0 Å². The fraction of sp³-hybridized carbons (Fsp3) is 0.292. The maximum atomic E-state index is 13.4. The van der Waals surface area contributed by atoms with E-state index in [0.29, 0.717) is 34.9 Å². The summed E-state index contributed by atoms with van der Waals surface area (Å²) in [7, 11) is 0. The van der Waals surface area contributed by atoms with Gasteiger partial charge in [0.05, 0.1) is 30.1 Å². The summed E-state index contributed by atoms with van der Waals surface area (Å²) in [6.45, 7) is 2.98. The van der Waals surface area contributed by atoms with Crippen molar-refractivity contribution >= 4 is 10.9 Å². The summed E-state index contributed by atoms with van der Waals surface area (Å²) in [5.74, 6) is 1.16. The van der Waals surface area contributed by atoms with Crippen LogP contribution in [0.15, 0.2) is 68.6 Å². The summed E-state index contributed by atoms with van der Waals surface area (Å²) in [5.41, 5.74) is 1.48. The standard InChI is InChI=1S/C24H23N3O4/c1-16-20(25-22(31-16)17-8-3-2-4-9-17)15-26-21-12-6-5-11-19(21)23(28)27(24(26)29)14-18-10-7-13-30-18/h2-6,8-9,11-12,18H,7,10,13-15H2,1H3/t18-/m0/s1. The van der Waals surface area contributed by atoms with E-state index in [0.717, 1.165) is 18.4 Å². The van der Waals surface area contributed by atoms with Gasteiger partial charge in [0.25, 0.3) is 5.56 Å². The number of hydrogen-bond acceptors (Lipinski definition) is 5. The van der Waals surface area contributed by atoms with E-state index in [-0.39, 0.29) is 30.4 Å². The summed E-state index contributed by atoms with van der Waals surface area (Å²) >= 11 is 0. The van der Waals surface area contributed by atoms with Gasteiger partial charge in [-0.1, -0.05) is 30.3 Å². The molecule has 1 aliphatic rings. The molecule has 5 rings (SSSR count). The molecule has 0 saturated carbocycles. The highest BCUT2D eigenvalue weighted by atomic mass is 16.5. The molecule has 1 atom stereocenters. The molecular formula is C24H23N3O4. The Morgan fingerprint density at radius 2 is 1.81 bits per heavy atom. The first kappa shape index (κ1) is 19.5. The molecule has 1 aliphatic heterocycles. The van der Waals surface area contributed by atoms with Crippen LogP contribution in [0.2, 0.25) is 0 Å². The highest BCUT2D eigenvalue weighted by Gasteiger charge is 2.21. The summed E-state index contributed by atoms with van der Waals surface area (Å²) in [6, 6.07) is 16.8.